The Bertz CT molecular complexity index is 2490. The molecule has 0 fully saturated rings. The van der Waals surface area contributed by atoms with Crippen LogP contribution in [0.25, 0.3) is 54.9 Å². The van der Waals surface area contributed by atoms with Gasteiger partial charge in [0.05, 0.1) is 5.41 Å². The zero-order chi connectivity index (χ0) is 30.2. The molecule has 8 aromatic rings. The highest BCUT2D eigenvalue weighted by molar-refractivity contribution is 7.99. The van der Waals surface area contributed by atoms with Gasteiger partial charge in [0.2, 0.25) is 0 Å². The molecule has 0 nitrogen and oxygen atoms in total. The third-order valence-corrected chi connectivity index (χ3v) is 11.3. The largest absolute Gasteiger partial charge is 0.0888 e. The molecule has 8 aromatic carbocycles. The van der Waals surface area contributed by atoms with Gasteiger partial charge in [0, 0.05) is 15.2 Å². The van der Waals surface area contributed by atoms with Crippen molar-refractivity contribution in [2.45, 2.75) is 15.2 Å². The average Bonchev–Trinajstić information content (AvgIpc) is 3.44. The van der Waals surface area contributed by atoms with Gasteiger partial charge < -0.3 is 0 Å². The molecule has 0 N–H and O–H groups in total. The minimum absolute atomic E-state index is 0.444. The first-order valence-electron chi connectivity index (χ1n) is 15.9. The van der Waals surface area contributed by atoms with Crippen LogP contribution in [0.4, 0.5) is 0 Å². The predicted octanol–water partition coefficient (Wildman–Crippen LogP) is 12.2. The maximum absolute atomic E-state index is 2.39. The first-order chi connectivity index (χ1) is 22.8. The van der Waals surface area contributed by atoms with Crippen LogP contribution in [0.15, 0.2) is 180 Å². The molecule has 1 aliphatic carbocycles. The first-order valence-corrected chi connectivity index (χ1v) is 16.8. The quantitative estimate of drug-likeness (QED) is 0.194. The third kappa shape index (κ3) is 3.47. The molecule has 214 valence electrons. The Balaban J connectivity index is 1.25. The van der Waals surface area contributed by atoms with Crippen molar-refractivity contribution in [3.63, 3.8) is 0 Å². The summed E-state index contributed by atoms with van der Waals surface area (Å²) in [6.45, 7) is 0. The molecule has 0 saturated heterocycles. The molecule has 1 aliphatic heterocycles. The van der Waals surface area contributed by atoms with Crippen LogP contribution in [0.2, 0.25) is 0 Å². The minimum atomic E-state index is -0.444. The summed E-state index contributed by atoms with van der Waals surface area (Å²) in [6, 6.07) is 63.3. The normalized spacial score (nSPS) is 15.8. The van der Waals surface area contributed by atoms with Gasteiger partial charge in [-0.3, -0.25) is 0 Å². The Morgan fingerprint density at radius 2 is 1.04 bits per heavy atom. The van der Waals surface area contributed by atoms with E-state index >= 15 is 0 Å². The molecule has 0 saturated carbocycles. The van der Waals surface area contributed by atoms with Gasteiger partial charge in [-0.05, 0) is 83.9 Å². The topological polar surface area (TPSA) is 0 Å². The molecule has 10 rings (SSSR count). The molecule has 0 radical (unpaired) electrons. The summed E-state index contributed by atoms with van der Waals surface area (Å²) >= 11 is 1.88. The predicted molar refractivity (Wildman–Crippen MR) is 194 cm³/mol. The fourth-order valence-corrected chi connectivity index (χ4v) is 9.40. The van der Waals surface area contributed by atoms with Gasteiger partial charge in [0.25, 0.3) is 0 Å². The van der Waals surface area contributed by atoms with Gasteiger partial charge in [0.15, 0.2) is 0 Å². The van der Waals surface area contributed by atoms with Crippen molar-refractivity contribution >= 4 is 33.3 Å². The minimum Gasteiger partial charge on any atom is -0.0888 e. The van der Waals surface area contributed by atoms with Crippen molar-refractivity contribution in [3.05, 3.63) is 192 Å². The zero-order valence-electron chi connectivity index (χ0n) is 25.1. The van der Waals surface area contributed by atoms with Gasteiger partial charge in [-0.2, -0.15) is 0 Å². The van der Waals surface area contributed by atoms with E-state index in [1.807, 2.05) is 11.8 Å². The van der Waals surface area contributed by atoms with E-state index < -0.39 is 5.41 Å². The Morgan fingerprint density at radius 1 is 0.391 bits per heavy atom. The second kappa shape index (κ2) is 9.81. The molecular weight excluding hydrogens is 573 g/mol. The van der Waals surface area contributed by atoms with Crippen molar-refractivity contribution in [2.24, 2.45) is 0 Å². The van der Waals surface area contributed by atoms with Crippen LogP contribution in [0.3, 0.4) is 0 Å². The van der Waals surface area contributed by atoms with Crippen LogP contribution in [0.1, 0.15) is 22.3 Å². The molecule has 0 amide bonds. The van der Waals surface area contributed by atoms with E-state index in [9.17, 15) is 0 Å². The molecule has 1 atom stereocenters. The van der Waals surface area contributed by atoms with Crippen LogP contribution in [-0.4, -0.2) is 0 Å². The molecule has 1 heteroatoms. The summed E-state index contributed by atoms with van der Waals surface area (Å²) in [5.41, 5.74) is 12.7. The fourth-order valence-electron chi connectivity index (χ4n) is 8.27. The van der Waals surface area contributed by atoms with E-state index in [4.69, 9.17) is 0 Å². The summed E-state index contributed by atoms with van der Waals surface area (Å²) in [5, 5.41) is 5.24. The number of fused-ring (bicyclic) bond motifs is 7. The molecule has 1 heterocycles. The number of hydrogen-bond donors (Lipinski definition) is 0. The highest BCUT2D eigenvalue weighted by atomic mass is 32.2. The van der Waals surface area contributed by atoms with Gasteiger partial charge in [-0.15, -0.1) is 0 Å². The molecule has 0 spiro atoms. The smallest absolute Gasteiger partial charge is 0.0719 e. The van der Waals surface area contributed by atoms with Crippen LogP contribution in [0.5, 0.6) is 0 Å². The lowest BCUT2D eigenvalue weighted by Gasteiger charge is -2.35. The molecule has 2 aliphatic rings. The number of hydrogen-bond acceptors (Lipinski definition) is 1. The zero-order valence-corrected chi connectivity index (χ0v) is 25.9. The number of rotatable bonds is 3. The van der Waals surface area contributed by atoms with Crippen molar-refractivity contribution in [2.75, 3.05) is 0 Å². The first kappa shape index (κ1) is 25.9. The maximum Gasteiger partial charge on any atom is 0.0719 e. The Hall–Kier alpha value is -5.37. The standard InChI is InChI=1S/C45H28S/c1-2-13-32(14-3-1)45(39-18-8-6-16-36(39)37-28-23-29-11-4-5-15-35(29)44(37)45)33-25-21-30(22-26-33)34-27-24-31-12-10-20-41-42(31)43(34)38-17-7-9-19-40(38)46-41/h1-28H. The second-order valence-electron chi connectivity index (χ2n) is 12.4. The van der Waals surface area contributed by atoms with E-state index in [1.54, 1.807) is 0 Å². The van der Waals surface area contributed by atoms with E-state index in [0.29, 0.717) is 0 Å². The molecule has 0 bridgehead atoms. The SMILES string of the molecule is c1ccc(C2(c3ccc(-c4ccc5cccc6c5c4-c4ccccc4S6)cc3)c3ccccc3-c3ccc4ccccc4c32)cc1. The summed E-state index contributed by atoms with van der Waals surface area (Å²) in [4.78, 5) is 2.65. The maximum atomic E-state index is 2.39. The molecule has 1 unspecified atom stereocenters. The summed E-state index contributed by atoms with van der Waals surface area (Å²) < 4.78 is 0. The van der Waals surface area contributed by atoms with Crippen molar-refractivity contribution in [1.82, 2.24) is 0 Å². The summed E-state index contributed by atoms with van der Waals surface area (Å²) in [7, 11) is 0. The number of benzene rings is 8. The Kier molecular flexibility index (Phi) is 5.53. The lowest BCUT2D eigenvalue weighted by Crippen LogP contribution is -2.28. The van der Waals surface area contributed by atoms with Crippen molar-refractivity contribution in [1.29, 1.82) is 0 Å². The highest BCUT2D eigenvalue weighted by Gasteiger charge is 2.47. The van der Waals surface area contributed by atoms with Crippen LogP contribution in [-0.2, 0) is 5.41 Å². The van der Waals surface area contributed by atoms with Crippen molar-refractivity contribution in [3.8, 4) is 33.4 Å². The Labute approximate surface area is 273 Å². The highest BCUT2D eigenvalue weighted by Crippen LogP contribution is 2.58. The van der Waals surface area contributed by atoms with E-state index in [0.717, 1.165) is 0 Å². The summed E-state index contributed by atoms with van der Waals surface area (Å²) in [6.07, 6.45) is 0. The van der Waals surface area contributed by atoms with E-state index in [2.05, 4.69) is 170 Å². The lowest BCUT2D eigenvalue weighted by molar-refractivity contribution is 0.775. The van der Waals surface area contributed by atoms with Gasteiger partial charge in [-0.25, -0.2) is 0 Å². The van der Waals surface area contributed by atoms with E-state index in [-0.39, 0.29) is 0 Å². The Morgan fingerprint density at radius 3 is 1.93 bits per heavy atom. The monoisotopic (exact) mass is 600 g/mol. The average molecular weight is 601 g/mol. The van der Waals surface area contributed by atoms with E-state index in [1.165, 1.54) is 87.0 Å². The van der Waals surface area contributed by atoms with Crippen LogP contribution < -0.4 is 0 Å². The van der Waals surface area contributed by atoms with Crippen LogP contribution >= 0.6 is 11.8 Å². The van der Waals surface area contributed by atoms with Gasteiger partial charge in [0.1, 0.15) is 0 Å². The molecule has 46 heavy (non-hydrogen) atoms. The second-order valence-corrected chi connectivity index (χ2v) is 13.5. The van der Waals surface area contributed by atoms with Gasteiger partial charge >= 0.3 is 0 Å². The van der Waals surface area contributed by atoms with Gasteiger partial charge in [-0.1, -0.05) is 169 Å². The molecular formula is C45H28S. The lowest BCUT2D eigenvalue weighted by atomic mass is 9.66. The molecule has 0 aromatic heterocycles. The summed E-state index contributed by atoms with van der Waals surface area (Å²) in [5.74, 6) is 0. The van der Waals surface area contributed by atoms with Crippen molar-refractivity contribution < 1.29 is 0 Å². The third-order valence-electron chi connectivity index (χ3n) is 10.1. The van der Waals surface area contributed by atoms with Crippen LogP contribution in [0, 0.1) is 0 Å². The fraction of sp³-hybridized carbons (Fsp3) is 0.0222.